The quantitative estimate of drug-likeness (QED) is 0.242. The Bertz CT molecular complexity index is 625. The van der Waals surface area contributed by atoms with Gasteiger partial charge in [0.1, 0.15) is 0 Å². The van der Waals surface area contributed by atoms with Gasteiger partial charge in [0.05, 0.1) is 0 Å². The van der Waals surface area contributed by atoms with Gasteiger partial charge in [-0.05, 0) is 44.7 Å². The topological polar surface area (TPSA) is 0 Å². The summed E-state index contributed by atoms with van der Waals surface area (Å²) in [6.45, 7) is 8.63. The highest BCUT2D eigenvalue weighted by molar-refractivity contribution is 5.56. The zero-order valence-electron chi connectivity index (χ0n) is 18.1. The van der Waals surface area contributed by atoms with Crippen LogP contribution in [-0.2, 0) is 6.42 Å². The van der Waals surface area contributed by atoms with Gasteiger partial charge in [0, 0.05) is 0 Å². The first-order chi connectivity index (χ1) is 13.2. The minimum atomic E-state index is 1.19. The molecule has 0 bridgehead atoms. The maximum absolute atomic E-state index is 2.29. The van der Waals surface area contributed by atoms with Crippen molar-refractivity contribution in [2.24, 2.45) is 0 Å². The van der Waals surface area contributed by atoms with Gasteiger partial charge in [0.25, 0.3) is 0 Å². The Morgan fingerprint density at radius 1 is 0.815 bits per heavy atom. The monoisotopic (exact) mass is 364 g/mol. The minimum absolute atomic E-state index is 1.19. The third-order valence-electron chi connectivity index (χ3n) is 5.05. The van der Waals surface area contributed by atoms with Gasteiger partial charge in [-0.25, -0.2) is 0 Å². The lowest BCUT2D eigenvalue weighted by Crippen LogP contribution is -1.90. The number of allylic oxidation sites excluding steroid dienone is 7. The lowest BCUT2D eigenvalue weighted by Gasteiger charge is -2.06. The summed E-state index contributed by atoms with van der Waals surface area (Å²) < 4.78 is 0. The Balaban J connectivity index is 2.46. The second-order valence-electron chi connectivity index (χ2n) is 7.56. The standard InChI is InChI=1S/C27H40/c1-5-7-8-9-10-11-12-13-19-26-20-14-15-21-27(26)23-22-25(4)18-16-17-24(3)6-2/h6,14-18,20-23H,5,7-13,19H2,1-4H3. The molecule has 0 radical (unpaired) electrons. The average Bonchev–Trinajstić information content (AvgIpc) is 2.69. The average molecular weight is 365 g/mol. The highest BCUT2D eigenvalue weighted by Crippen LogP contribution is 2.16. The van der Waals surface area contributed by atoms with Crippen molar-refractivity contribution in [2.75, 3.05) is 0 Å². The Hall–Kier alpha value is -1.82. The molecule has 0 aliphatic carbocycles. The summed E-state index contributed by atoms with van der Waals surface area (Å²) in [6.07, 6.45) is 25.3. The molecule has 1 rings (SSSR count). The Morgan fingerprint density at radius 3 is 2.19 bits per heavy atom. The van der Waals surface area contributed by atoms with Gasteiger partial charge in [-0.15, -0.1) is 0 Å². The van der Waals surface area contributed by atoms with Crippen molar-refractivity contribution in [1.29, 1.82) is 0 Å². The van der Waals surface area contributed by atoms with Crippen LogP contribution in [0.3, 0.4) is 0 Å². The van der Waals surface area contributed by atoms with Gasteiger partial charge < -0.3 is 0 Å². The van der Waals surface area contributed by atoms with E-state index in [0.717, 1.165) is 0 Å². The molecule has 0 aliphatic rings. The lowest BCUT2D eigenvalue weighted by molar-refractivity contribution is 0.575. The Labute approximate surface area is 168 Å². The van der Waals surface area contributed by atoms with Crippen LogP contribution in [0.4, 0.5) is 0 Å². The highest BCUT2D eigenvalue weighted by atomic mass is 14.0. The van der Waals surface area contributed by atoms with Crippen LogP contribution in [0.1, 0.15) is 90.2 Å². The molecule has 1 aromatic rings. The molecule has 0 nitrogen and oxygen atoms in total. The highest BCUT2D eigenvalue weighted by Gasteiger charge is 1.99. The molecule has 148 valence electrons. The normalized spacial score (nSPS) is 13.2. The number of aryl methyl sites for hydroxylation is 1. The largest absolute Gasteiger partial charge is 0.0847 e. The van der Waals surface area contributed by atoms with Crippen LogP contribution in [0, 0.1) is 0 Å². The predicted molar refractivity (Wildman–Crippen MR) is 124 cm³/mol. The van der Waals surface area contributed by atoms with Gasteiger partial charge in [-0.2, -0.15) is 0 Å². The summed E-state index contributed by atoms with van der Waals surface area (Å²) in [4.78, 5) is 0. The van der Waals surface area contributed by atoms with Crippen molar-refractivity contribution < 1.29 is 0 Å². The molecule has 0 heterocycles. The Kier molecular flexibility index (Phi) is 13.1. The van der Waals surface area contributed by atoms with Crippen molar-refractivity contribution >= 4 is 6.08 Å². The fourth-order valence-corrected chi connectivity index (χ4v) is 3.10. The van der Waals surface area contributed by atoms with Crippen LogP contribution in [0.25, 0.3) is 6.08 Å². The predicted octanol–water partition coefficient (Wildman–Crippen LogP) is 8.85. The molecule has 0 fully saturated rings. The van der Waals surface area contributed by atoms with Crippen molar-refractivity contribution in [3.63, 3.8) is 0 Å². The molecule has 0 saturated carbocycles. The molecule has 0 heteroatoms. The fraction of sp³-hybridized carbons (Fsp3) is 0.481. The summed E-state index contributed by atoms with van der Waals surface area (Å²) >= 11 is 0. The summed E-state index contributed by atoms with van der Waals surface area (Å²) in [5.41, 5.74) is 5.41. The second kappa shape index (κ2) is 15.3. The molecule has 0 aliphatic heterocycles. The summed E-state index contributed by atoms with van der Waals surface area (Å²) in [7, 11) is 0. The van der Waals surface area contributed by atoms with Crippen LogP contribution < -0.4 is 0 Å². The molecular weight excluding hydrogens is 324 g/mol. The maximum Gasteiger partial charge on any atom is -0.0224 e. The van der Waals surface area contributed by atoms with Gasteiger partial charge >= 0.3 is 0 Å². The van der Waals surface area contributed by atoms with Gasteiger partial charge in [0.2, 0.25) is 0 Å². The first-order valence-electron chi connectivity index (χ1n) is 10.9. The van der Waals surface area contributed by atoms with Crippen molar-refractivity contribution in [3.05, 3.63) is 76.9 Å². The molecule has 0 unspecified atom stereocenters. The van der Waals surface area contributed by atoms with E-state index < -0.39 is 0 Å². The number of unbranched alkanes of at least 4 members (excludes halogenated alkanes) is 7. The molecule has 0 saturated heterocycles. The van der Waals surface area contributed by atoms with Crippen LogP contribution in [0.15, 0.2) is 65.8 Å². The molecule has 0 N–H and O–H groups in total. The van der Waals surface area contributed by atoms with Gasteiger partial charge in [0.15, 0.2) is 0 Å². The number of benzene rings is 1. The molecule has 0 aromatic heterocycles. The first-order valence-corrected chi connectivity index (χ1v) is 10.9. The fourth-order valence-electron chi connectivity index (χ4n) is 3.10. The van der Waals surface area contributed by atoms with Crippen molar-refractivity contribution in [2.45, 2.75) is 85.5 Å². The van der Waals surface area contributed by atoms with E-state index in [0.29, 0.717) is 0 Å². The molecule has 0 amide bonds. The molecule has 27 heavy (non-hydrogen) atoms. The second-order valence-corrected chi connectivity index (χ2v) is 7.56. The molecular formula is C27H40. The van der Waals surface area contributed by atoms with Crippen LogP contribution in [0.5, 0.6) is 0 Å². The number of hydrogen-bond acceptors (Lipinski definition) is 0. The zero-order valence-corrected chi connectivity index (χ0v) is 18.1. The summed E-state index contributed by atoms with van der Waals surface area (Å²) in [5.74, 6) is 0. The smallest absolute Gasteiger partial charge is 0.0224 e. The van der Waals surface area contributed by atoms with E-state index >= 15 is 0 Å². The van der Waals surface area contributed by atoms with Crippen molar-refractivity contribution in [3.8, 4) is 0 Å². The summed E-state index contributed by atoms with van der Waals surface area (Å²) in [6, 6.07) is 8.84. The zero-order chi connectivity index (χ0) is 19.7. The number of rotatable bonds is 13. The van der Waals surface area contributed by atoms with Crippen LogP contribution >= 0.6 is 0 Å². The van der Waals surface area contributed by atoms with E-state index in [1.165, 1.54) is 80.1 Å². The summed E-state index contributed by atoms with van der Waals surface area (Å²) in [5, 5.41) is 0. The molecule has 1 aromatic carbocycles. The van der Waals surface area contributed by atoms with Gasteiger partial charge in [-0.3, -0.25) is 0 Å². The Morgan fingerprint density at radius 2 is 1.48 bits per heavy atom. The van der Waals surface area contributed by atoms with Crippen molar-refractivity contribution in [1.82, 2.24) is 0 Å². The number of hydrogen-bond donors (Lipinski definition) is 0. The van der Waals surface area contributed by atoms with E-state index in [-0.39, 0.29) is 0 Å². The van der Waals surface area contributed by atoms with Crippen LogP contribution in [-0.4, -0.2) is 0 Å². The van der Waals surface area contributed by atoms with E-state index in [2.05, 4.69) is 88.4 Å². The maximum atomic E-state index is 2.29. The minimum Gasteiger partial charge on any atom is -0.0847 e. The first kappa shape index (κ1) is 23.2. The third kappa shape index (κ3) is 11.5. The van der Waals surface area contributed by atoms with Gasteiger partial charge in [-0.1, -0.05) is 124 Å². The van der Waals surface area contributed by atoms with E-state index in [9.17, 15) is 0 Å². The van der Waals surface area contributed by atoms with Crippen LogP contribution in [0.2, 0.25) is 0 Å². The SMILES string of the molecule is CC=C(C)C=CC=C(C)C=Cc1ccccc1CCCCCCCCCC. The molecule has 0 spiro atoms. The van der Waals surface area contributed by atoms with E-state index in [1.807, 2.05) is 0 Å². The lowest BCUT2D eigenvalue weighted by atomic mass is 9.99. The van der Waals surface area contributed by atoms with E-state index in [1.54, 1.807) is 0 Å². The van der Waals surface area contributed by atoms with E-state index in [4.69, 9.17) is 0 Å². The molecule has 0 atom stereocenters. The third-order valence-corrected chi connectivity index (χ3v) is 5.05.